The first kappa shape index (κ1) is 18.3. The zero-order chi connectivity index (χ0) is 20.0. The van der Waals surface area contributed by atoms with Crippen molar-refractivity contribution in [3.63, 3.8) is 0 Å². The highest BCUT2D eigenvalue weighted by Crippen LogP contribution is 2.30. The summed E-state index contributed by atoms with van der Waals surface area (Å²) in [6.45, 7) is 1.15. The molecule has 0 radical (unpaired) electrons. The van der Waals surface area contributed by atoms with Crippen LogP contribution in [-0.2, 0) is 23.2 Å². The van der Waals surface area contributed by atoms with Gasteiger partial charge in [0.25, 0.3) is 0 Å². The summed E-state index contributed by atoms with van der Waals surface area (Å²) in [5.41, 5.74) is 3.64. The molecular weight excluding hydrogens is 375 g/mol. The number of ether oxygens (including phenoxy) is 1. The second kappa shape index (κ2) is 7.23. The SMILES string of the molecule is Cn1ncc(CO[C@@H]2CNC[C@H]2F)c1-c1ccn2nc(NC(=O)C3CC3)cc2c1. The molecule has 3 aromatic rings. The smallest absolute Gasteiger partial charge is 0.228 e. The van der Waals surface area contributed by atoms with Gasteiger partial charge >= 0.3 is 0 Å². The summed E-state index contributed by atoms with van der Waals surface area (Å²) in [5.74, 6) is 0.717. The van der Waals surface area contributed by atoms with E-state index in [2.05, 4.69) is 20.8 Å². The van der Waals surface area contributed by atoms with Gasteiger partial charge < -0.3 is 15.4 Å². The van der Waals surface area contributed by atoms with E-state index >= 15 is 0 Å². The normalized spacial score (nSPS) is 21.7. The van der Waals surface area contributed by atoms with E-state index in [9.17, 15) is 9.18 Å². The van der Waals surface area contributed by atoms with E-state index in [1.807, 2.05) is 31.4 Å². The minimum atomic E-state index is -0.984. The molecule has 5 rings (SSSR count). The quantitative estimate of drug-likeness (QED) is 0.663. The number of aromatic nitrogens is 4. The van der Waals surface area contributed by atoms with Crippen LogP contribution in [0.25, 0.3) is 16.8 Å². The molecule has 3 aromatic heterocycles. The summed E-state index contributed by atoms with van der Waals surface area (Å²) >= 11 is 0. The van der Waals surface area contributed by atoms with Crippen LogP contribution in [0.4, 0.5) is 10.2 Å². The van der Waals surface area contributed by atoms with E-state index in [-0.39, 0.29) is 11.8 Å². The molecule has 0 spiro atoms. The molecule has 2 aliphatic rings. The molecule has 9 heteroatoms. The number of fused-ring (bicyclic) bond motifs is 1. The van der Waals surface area contributed by atoms with Gasteiger partial charge in [-0.1, -0.05) is 0 Å². The van der Waals surface area contributed by atoms with Crippen molar-refractivity contribution in [2.45, 2.75) is 31.7 Å². The van der Waals surface area contributed by atoms with Crippen LogP contribution in [0.2, 0.25) is 0 Å². The van der Waals surface area contributed by atoms with Gasteiger partial charge in [0.05, 0.1) is 24.0 Å². The Morgan fingerprint density at radius 3 is 3.00 bits per heavy atom. The molecule has 2 N–H and O–H groups in total. The maximum absolute atomic E-state index is 13.8. The Hall–Kier alpha value is -2.78. The summed E-state index contributed by atoms with van der Waals surface area (Å²) in [6, 6.07) is 5.80. The van der Waals surface area contributed by atoms with Crippen LogP contribution >= 0.6 is 0 Å². The Morgan fingerprint density at radius 1 is 1.38 bits per heavy atom. The Labute approximate surface area is 167 Å². The van der Waals surface area contributed by atoms with E-state index in [0.717, 1.165) is 35.2 Å². The van der Waals surface area contributed by atoms with Crippen LogP contribution < -0.4 is 10.6 Å². The van der Waals surface area contributed by atoms with Crippen molar-refractivity contribution in [2.75, 3.05) is 18.4 Å². The summed E-state index contributed by atoms with van der Waals surface area (Å²) in [7, 11) is 1.87. The van der Waals surface area contributed by atoms with Crippen LogP contribution in [0, 0.1) is 5.92 Å². The maximum Gasteiger partial charge on any atom is 0.228 e. The van der Waals surface area contributed by atoms with E-state index in [1.54, 1.807) is 15.4 Å². The summed E-state index contributed by atoms with van der Waals surface area (Å²) in [6.07, 6.45) is 4.10. The van der Waals surface area contributed by atoms with Gasteiger partial charge in [0.2, 0.25) is 5.91 Å². The molecule has 1 saturated carbocycles. The van der Waals surface area contributed by atoms with Gasteiger partial charge in [-0.2, -0.15) is 10.2 Å². The third-order valence-electron chi connectivity index (χ3n) is 5.49. The molecule has 0 unspecified atom stereocenters. The molecule has 29 heavy (non-hydrogen) atoms. The van der Waals surface area contributed by atoms with E-state index in [4.69, 9.17) is 4.74 Å². The fourth-order valence-electron chi connectivity index (χ4n) is 3.72. The summed E-state index contributed by atoms with van der Waals surface area (Å²) in [4.78, 5) is 12.0. The highest BCUT2D eigenvalue weighted by atomic mass is 19.1. The van der Waals surface area contributed by atoms with Crippen LogP contribution in [0.3, 0.4) is 0 Å². The number of amides is 1. The molecule has 0 bridgehead atoms. The zero-order valence-corrected chi connectivity index (χ0v) is 16.1. The molecule has 2 atom stereocenters. The topological polar surface area (TPSA) is 85.5 Å². The van der Waals surface area contributed by atoms with Crippen LogP contribution in [0.1, 0.15) is 18.4 Å². The minimum absolute atomic E-state index is 0.0345. The van der Waals surface area contributed by atoms with Crippen molar-refractivity contribution in [3.8, 4) is 11.3 Å². The lowest BCUT2D eigenvalue weighted by molar-refractivity contribution is -0.117. The average Bonchev–Trinajstić information content (AvgIpc) is 3.21. The standard InChI is InChI=1S/C20H23FN6O2/c1-26-19(14(8-23-26)11-29-17-10-22-9-16(17)21)13-4-5-27-15(6-13)7-18(25-27)24-20(28)12-2-3-12/h4-8,12,16-17,22H,2-3,9-11H2,1H3,(H,24,25,28)/t16-,17-/m1/s1. The number of carbonyl (C=O) groups excluding carboxylic acids is 1. The molecule has 1 aliphatic carbocycles. The van der Waals surface area contributed by atoms with Crippen molar-refractivity contribution in [1.82, 2.24) is 24.7 Å². The van der Waals surface area contributed by atoms with Crippen molar-refractivity contribution in [2.24, 2.45) is 13.0 Å². The van der Waals surface area contributed by atoms with Gasteiger partial charge in [0.15, 0.2) is 5.82 Å². The Morgan fingerprint density at radius 2 is 2.24 bits per heavy atom. The molecule has 152 valence electrons. The minimum Gasteiger partial charge on any atom is -0.369 e. The predicted molar refractivity (Wildman–Crippen MR) is 105 cm³/mol. The maximum atomic E-state index is 13.8. The van der Waals surface area contributed by atoms with Crippen molar-refractivity contribution in [1.29, 1.82) is 0 Å². The van der Waals surface area contributed by atoms with Gasteiger partial charge in [-0.3, -0.25) is 9.48 Å². The molecule has 1 aliphatic heterocycles. The number of alkyl halides is 1. The van der Waals surface area contributed by atoms with Gasteiger partial charge in [-0.05, 0) is 25.0 Å². The first-order valence-electron chi connectivity index (χ1n) is 9.86. The number of anilines is 1. The number of rotatable bonds is 6. The largest absolute Gasteiger partial charge is 0.369 e. The number of hydrogen-bond acceptors (Lipinski definition) is 5. The predicted octanol–water partition coefficient (Wildman–Crippen LogP) is 1.91. The first-order chi connectivity index (χ1) is 14.1. The lowest BCUT2D eigenvalue weighted by Crippen LogP contribution is -2.23. The Bertz CT molecular complexity index is 1060. The molecule has 1 saturated heterocycles. The van der Waals surface area contributed by atoms with E-state index in [1.165, 1.54) is 0 Å². The highest BCUT2D eigenvalue weighted by Gasteiger charge is 2.30. The Balaban J connectivity index is 1.38. The zero-order valence-electron chi connectivity index (χ0n) is 16.1. The lowest BCUT2D eigenvalue weighted by atomic mass is 10.1. The van der Waals surface area contributed by atoms with Crippen molar-refractivity contribution in [3.05, 3.63) is 36.2 Å². The monoisotopic (exact) mass is 398 g/mol. The van der Waals surface area contributed by atoms with Crippen LogP contribution in [0.5, 0.6) is 0 Å². The third-order valence-corrected chi connectivity index (χ3v) is 5.49. The molecule has 4 heterocycles. The number of nitrogens with one attached hydrogen (secondary N) is 2. The number of pyridine rings is 1. The van der Waals surface area contributed by atoms with Crippen LogP contribution in [0.15, 0.2) is 30.6 Å². The number of carbonyl (C=O) groups is 1. The number of hydrogen-bond donors (Lipinski definition) is 2. The third kappa shape index (κ3) is 3.63. The van der Waals surface area contributed by atoms with E-state index < -0.39 is 12.3 Å². The van der Waals surface area contributed by atoms with Crippen molar-refractivity contribution >= 4 is 17.2 Å². The lowest BCUT2D eigenvalue weighted by Gasteiger charge is -2.13. The van der Waals surface area contributed by atoms with Gasteiger partial charge in [0.1, 0.15) is 12.3 Å². The van der Waals surface area contributed by atoms with Crippen LogP contribution in [-0.4, -0.2) is 50.7 Å². The molecule has 0 aromatic carbocycles. The second-order valence-corrected chi connectivity index (χ2v) is 7.74. The summed E-state index contributed by atoms with van der Waals surface area (Å²) in [5, 5.41) is 14.6. The molecule has 1 amide bonds. The second-order valence-electron chi connectivity index (χ2n) is 7.74. The Kier molecular flexibility index (Phi) is 4.56. The fraction of sp³-hybridized carbons (Fsp3) is 0.450. The first-order valence-corrected chi connectivity index (χ1v) is 9.86. The number of nitrogens with zero attached hydrogens (tertiary/aromatic N) is 4. The van der Waals surface area contributed by atoms with Gasteiger partial charge in [-0.15, -0.1) is 0 Å². The van der Waals surface area contributed by atoms with Crippen molar-refractivity contribution < 1.29 is 13.9 Å². The number of aryl methyl sites for hydroxylation is 1. The fourth-order valence-corrected chi connectivity index (χ4v) is 3.72. The number of halogens is 1. The molecule has 2 fully saturated rings. The summed E-state index contributed by atoms with van der Waals surface area (Å²) < 4.78 is 23.1. The highest BCUT2D eigenvalue weighted by molar-refractivity contribution is 5.93. The molecule has 8 nitrogen and oxygen atoms in total. The van der Waals surface area contributed by atoms with E-state index in [0.29, 0.717) is 25.5 Å². The molecular formula is C20H23FN6O2. The van der Waals surface area contributed by atoms with Gasteiger partial charge in [0, 0.05) is 49.4 Å². The van der Waals surface area contributed by atoms with Gasteiger partial charge in [-0.25, -0.2) is 8.91 Å². The average molecular weight is 398 g/mol.